The largest absolute Gasteiger partial charge is 0.348 e. The second-order valence-corrected chi connectivity index (χ2v) is 7.79. The average molecular weight is 343 g/mol. The van der Waals surface area contributed by atoms with E-state index in [0.29, 0.717) is 5.69 Å². The van der Waals surface area contributed by atoms with Gasteiger partial charge in [-0.3, -0.25) is 9.48 Å². The predicted octanol–water partition coefficient (Wildman–Crippen LogP) is 2.22. The zero-order valence-electron chi connectivity index (χ0n) is 12.7. The number of carbonyl (C=O) groups excluding carboxylic acids is 1. The molecule has 2 N–H and O–H groups in total. The molecule has 0 aromatic carbocycles. The zero-order valence-corrected chi connectivity index (χ0v) is 14.3. The molecule has 0 unspecified atom stereocenters. The van der Waals surface area contributed by atoms with Gasteiger partial charge in [-0.05, 0) is 56.5 Å². The third-order valence-corrected chi connectivity index (χ3v) is 4.21. The van der Waals surface area contributed by atoms with E-state index in [0.717, 1.165) is 17.3 Å². The van der Waals surface area contributed by atoms with Crippen molar-refractivity contribution in [2.75, 3.05) is 0 Å². The lowest BCUT2D eigenvalue weighted by atomic mass is 9.79. The van der Waals surface area contributed by atoms with Crippen molar-refractivity contribution in [3.63, 3.8) is 0 Å². The summed E-state index contributed by atoms with van der Waals surface area (Å²) in [5.74, 6) is -0.0737. The summed E-state index contributed by atoms with van der Waals surface area (Å²) in [7, 11) is 1.77. The van der Waals surface area contributed by atoms with Gasteiger partial charge in [-0.15, -0.1) is 0 Å². The van der Waals surface area contributed by atoms with Crippen LogP contribution < -0.4 is 10.6 Å². The molecule has 20 heavy (non-hydrogen) atoms. The Kier molecular flexibility index (Phi) is 3.99. The van der Waals surface area contributed by atoms with Crippen molar-refractivity contribution in [2.24, 2.45) is 7.05 Å². The summed E-state index contributed by atoms with van der Waals surface area (Å²) in [4.78, 5) is 12.4. The fraction of sp³-hybridized carbons (Fsp3) is 0.714. The number of halogens is 1. The van der Waals surface area contributed by atoms with E-state index in [1.807, 2.05) is 0 Å². The van der Waals surface area contributed by atoms with E-state index in [2.05, 4.69) is 59.4 Å². The number of piperidine rings is 1. The minimum Gasteiger partial charge on any atom is -0.348 e. The number of hydrogen-bond donors (Lipinski definition) is 2. The van der Waals surface area contributed by atoms with Crippen LogP contribution in [-0.4, -0.2) is 32.8 Å². The molecule has 1 aromatic heterocycles. The van der Waals surface area contributed by atoms with Crippen molar-refractivity contribution < 1.29 is 4.79 Å². The first-order valence-electron chi connectivity index (χ1n) is 6.87. The number of amides is 1. The van der Waals surface area contributed by atoms with E-state index >= 15 is 0 Å². The molecule has 2 heterocycles. The molecule has 0 aliphatic carbocycles. The molecule has 0 atom stereocenters. The first-order valence-corrected chi connectivity index (χ1v) is 7.67. The molecule has 0 bridgehead atoms. The summed E-state index contributed by atoms with van der Waals surface area (Å²) in [6.07, 6.45) is 3.47. The van der Waals surface area contributed by atoms with Crippen molar-refractivity contribution in [3.05, 3.63) is 16.4 Å². The van der Waals surface area contributed by atoms with Gasteiger partial charge in [0.25, 0.3) is 5.91 Å². The third kappa shape index (κ3) is 3.41. The van der Waals surface area contributed by atoms with E-state index in [-0.39, 0.29) is 23.0 Å². The van der Waals surface area contributed by atoms with Gasteiger partial charge in [-0.25, -0.2) is 0 Å². The molecule has 1 aromatic rings. The lowest BCUT2D eigenvalue weighted by Crippen LogP contribution is -2.62. The molecule has 1 fully saturated rings. The van der Waals surface area contributed by atoms with Gasteiger partial charge in [-0.2, -0.15) is 5.10 Å². The van der Waals surface area contributed by atoms with Crippen LogP contribution in [-0.2, 0) is 7.05 Å². The van der Waals surface area contributed by atoms with Crippen LogP contribution in [0.2, 0.25) is 0 Å². The maximum absolute atomic E-state index is 12.4. The van der Waals surface area contributed by atoms with Crippen LogP contribution in [0.4, 0.5) is 0 Å². The first kappa shape index (κ1) is 15.5. The number of nitrogens with one attached hydrogen (secondary N) is 2. The second-order valence-electron chi connectivity index (χ2n) is 6.94. The van der Waals surface area contributed by atoms with E-state index in [4.69, 9.17) is 0 Å². The molecule has 2 rings (SSSR count). The minimum atomic E-state index is -0.0737. The number of aryl methyl sites for hydroxylation is 1. The number of hydrogen-bond acceptors (Lipinski definition) is 3. The molecule has 0 saturated carbocycles. The lowest BCUT2D eigenvalue weighted by Gasteiger charge is -2.46. The monoisotopic (exact) mass is 342 g/mol. The van der Waals surface area contributed by atoms with Crippen molar-refractivity contribution in [2.45, 2.75) is 57.7 Å². The van der Waals surface area contributed by atoms with Crippen LogP contribution in [0.3, 0.4) is 0 Å². The summed E-state index contributed by atoms with van der Waals surface area (Å²) < 4.78 is 2.32. The van der Waals surface area contributed by atoms with Crippen LogP contribution in [0.1, 0.15) is 51.0 Å². The molecule has 1 aliphatic heterocycles. The van der Waals surface area contributed by atoms with Gasteiger partial charge in [0.15, 0.2) is 0 Å². The Balaban J connectivity index is 2.12. The highest BCUT2D eigenvalue weighted by atomic mass is 79.9. The third-order valence-electron chi connectivity index (χ3n) is 3.63. The van der Waals surface area contributed by atoms with E-state index in [1.54, 1.807) is 17.9 Å². The summed E-state index contributed by atoms with van der Waals surface area (Å²) >= 11 is 3.37. The van der Waals surface area contributed by atoms with Gasteiger partial charge < -0.3 is 10.6 Å². The quantitative estimate of drug-likeness (QED) is 0.866. The molecule has 0 radical (unpaired) electrons. The highest BCUT2D eigenvalue weighted by molar-refractivity contribution is 9.10. The Hall–Kier alpha value is -0.880. The SMILES string of the molecule is Cn1ncc(Br)c1C(=O)NC1CC(C)(C)NC(C)(C)C1. The Morgan fingerprint density at radius 2 is 1.95 bits per heavy atom. The van der Waals surface area contributed by atoms with Gasteiger partial charge in [0.1, 0.15) is 5.69 Å². The van der Waals surface area contributed by atoms with Crippen molar-refractivity contribution in [3.8, 4) is 0 Å². The normalized spacial score (nSPS) is 21.7. The highest BCUT2D eigenvalue weighted by Gasteiger charge is 2.38. The molecule has 1 amide bonds. The fourth-order valence-electron chi connectivity index (χ4n) is 3.34. The first-order chi connectivity index (χ1) is 9.10. The predicted molar refractivity (Wildman–Crippen MR) is 82.7 cm³/mol. The Labute approximate surface area is 128 Å². The summed E-state index contributed by atoms with van der Waals surface area (Å²) in [6, 6.07) is 0.163. The average Bonchev–Trinajstić information content (AvgIpc) is 2.53. The van der Waals surface area contributed by atoms with Crippen LogP contribution in [0.25, 0.3) is 0 Å². The number of nitrogens with zero attached hydrogens (tertiary/aromatic N) is 2. The van der Waals surface area contributed by atoms with Gasteiger partial charge in [0, 0.05) is 24.2 Å². The number of carbonyl (C=O) groups is 1. The topological polar surface area (TPSA) is 59.0 Å². The Morgan fingerprint density at radius 3 is 2.40 bits per heavy atom. The van der Waals surface area contributed by atoms with Crippen LogP contribution in [0.5, 0.6) is 0 Å². The van der Waals surface area contributed by atoms with Gasteiger partial charge in [-0.1, -0.05) is 0 Å². The van der Waals surface area contributed by atoms with Gasteiger partial charge in [0.2, 0.25) is 0 Å². The van der Waals surface area contributed by atoms with Crippen molar-refractivity contribution >= 4 is 21.8 Å². The van der Waals surface area contributed by atoms with Crippen LogP contribution in [0, 0.1) is 0 Å². The number of aromatic nitrogens is 2. The molecule has 1 aliphatic rings. The zero-order chi connectivity index (χ0) is 15.1. The van der Waals surface area contributed by atoms with E-state index in [1.165, 1.54) is 0 Å². The lowest BCUT2D eigenvalue weighted by molar-refractivity contribution is 0.0863. The summed E-state index contributed by atoms with van der Waals surface area (Å²) in [5, 5.41) is 10.8. The Morgan fingerprint density at radius 1 is 1.40 bits per heavy atom. The molecule has 112 valence electrons. The summed E-state index contributed by atoms with van der Waals surface area (Å²) in [6.45, 7) is 8.69. The smallest absolute Gasteiger partial charge is 0.270 e. The van der Waals surface area contributed by atoms with Crippen LogP contribution >= 0.6 is 15.9 Å². The van der Waals surface area contributed by atoms with Gasteiger partial charge in [0.05, 0.1) is 10.7 Å². The molecular formula is C14H23BrN4O. The van der Waals surface area contributed by atoms with E-state index in [9.17, 15) is 4.79 Å². The molecule has 6 heteroatoms. The molecule has 5 nitrogen and oxygen atoms in total. The van der Waals surface area contributed by atoms with E-state index < -0.39 is 0 Å². The van der Waals surface area contributed by atoms with Gasteiger partial charge >= 0.3 is 0 Å². The minimum absolute atomic E-state index is 0.0172. The maximum atomic E-state index is 12.4. The molecular weight excluding hydrogens is 320 g/mol. The fourth-order valence-corrected chi connectivity index (χ4v) is 3.87. The number of rotatable bonds is 2. The Bertz CT molecular complexity index is 486. The molecule has 0 spiro atoms. The van der Waals surface area contributed by atoms with Crippen LogP contribution in [0.15, 0.2) is 10.7 Å². The molecule has 1 saturated heterocycles. The van der Waals surface area contributed by atoms with Crippen molar-refractivity contribution in [1.82, 2.24) is 20.4 Å². The highest BCUT2D eigenvalue weighted by Crippen LogP contribution is 2.28. The van der Waals surface area contributed by atoms with Crippen molar-refractivity contribution in [1.29, 1.82) is 0 Å². The standard InChI is InChI=1S/C14H23BrN4O/c1-13(2)6-9(7-14(3,4)18-13)17-12(20)11-10(15)8-16-19(11)5/h8-9,18H,6-7H2,1-5H3,(H,17,20). The summed E-state index contributed by atoms with van der Waals surface area (Å²) in [5.41, 5.74) is 0.603. The maximum Gasteiger partial charge on any atom is 0.270 e. The second kappa shape index (κ2) is 5.15.